The summed E-state index contributed by atoms with van der Waals surface area (Å²) < 4.78 is 0. The first-order chi connectivity index (χ1) is 11.2. The fourth-order valence-electron chi connectivity index (χ4n) is 2.53. The molecule has 122 valence electrons. The van der Waals surface area contributed by atoms with Crippen LogP contribution in [0.2, 0.25) is 0 Å². The maximum absolute atomic E-state index is 12.6. The van der Waals surface area contributed by atoms with Crippen LogP contribution in [0.15, 0.2) is 54.6 Å². The highest BCUT2D eigenvalue weighted by Crippen LogP contribution is 2.15. The molecule has 2 aromatic rings. The third kappa shape index (κ3) is 5.41. The van der Waals surface area contributed by atoms with Crippen LogP contribution in [0.25, 0.3) is 0 Å². The Bertz CT molecular complexity index is 610. The molecule has 3 nitrogen and oxygen atoms in total. The van der Waals surface area contributed by atoms with Crippen molar-refractivity contribution in [2.24, 2.45) is 0 Å². The van der Waals surface area contributed by atoms with Crippen molar-refractivity contribution in [3.63, 3.8) is 0 Å². The summed E-state index contributed by atoms with van der Waals surface area (Å²) in [6, 6.07) is 17.8. The van der Waals surface area contributed by atoms with E-state index in [2.05, 4.69) is 17.4 Å². The molecule has 2 N–H and O–H groups in total. The fourth-order valence-corrected chi connectivity index (χ4v) is 3.18. The van der Waals surface area contributed by atoms with Crippen molar-refractivity contribution >= 4 is 17.7 Å². The average Bonchev–Trinajstić information content (AvgIpc) is 2.57. The third-order valence-corrected chi connectivity index (χ3v) is 4.42. The van der Waals surface area contributed by atoms with E-state index < -0.39 is 0 Å². The molecule has 4 heteroatoms. The van der Waals surface area contributed by atoms with E-state index in [0.29, 0.717) is 12.0 Å². The molecule has 0 aliphatic carbocycles. The second-order valence-electron chi connectivity index (χ2n) is 5.46. The van der Waals surface area contributed by atoms with Gasteiger partial charge in [0.25, 0.3) is 5.91 Å². The first-order valence-electron chi connectivity index (χ1n) is 7.77. The van der Waals surface area contributed by atoms with Crippen molar-refractivity contribution in [1.29, 1.82) is 0 Å². The Morgan fingerprint density at radius 1 is 1.13 bits per heavy atom. The van der Waals surface area contributed by atoms with Crippen LogP contribution in [0.5, 0.6) is 0 Å². The van der Waals surface area contributed by atoms with Gasteiger partial charge in [-0.25, -0.2) is 0 Å². The molecule has 0 aliphatic heterocycles. The van der Waals surface area contributed by atoms with Crippen LogP contribution >= 0.6 is 11.8 Å². The van der Waals surface area contributed by atoms with Crippen LogP contribution in [0.4, 0.5) is 0 Å². The lowest BCUT2D eigenvalue weighted by atomic mass is 9.99. The summed E-state index contributed by atoms with van der Waals surface area (Å²) in [7, 11) is 0. The van der Waals surface area contributed by atoms with E-state index in [9.17, 15) is 4.79 Å². The molecule has 23 heavy (non-hydrogen) atoms. The second-order valence-corrected chi connectivity index (χ2v) is 6.37. The van der Waals surface area contributed by atoms with Crippen LogP contribution in [0, 0.1) is 0 Å². The van der Waals surface area contributed by atoms with Crippen molar-refractivity contribution in [3.05, 3.63) is 71.3 Å². The van der Waals surface area contributed by atoms with E-state index in [1.54, 1.807) is 11.8 Å². The van der Waals surface area contributed by atoms with Gasteiger partial charge in [0, 0.05) is 24.0 Å². The summed E-state index contributed by atoms with van der Waals surface area (Å²) in [6.07, 6.45) is 3.31. The summed E-state index contributed by atoms with van der Waals surface area (Å²) in [5.41, 5.74) is 2.91. The topological polar surface area (TPSA) is 49.3 Å². The zero-order valence-electron chi connectivity index (χ0n) is 13.4. The van der Waals surface area contributed by atoms with E-state index in [4.69, 9.17) is 5.11 Å². The molecule has 0 radical (unpaired) electrons. The highest BCUT2D eigenvalue weighted by Gasteiger charge is 2.15. The highest BCUT2D eigenvalue weighted by atomic mass is 32.2. The number of amides is 1. The predicted octanol–water partition coefficient (Wildman–Crippen LogP) is 3.12. The van der Waals surface area contributed by atoms with E-state index in [1.165, 1.54) is 5.56 Å². The first-order valence-corrected chi connectivity index (χ1v) is 9.16. The quantitative estimate of drug-likeness (QED) is 0.782. The van der Waals surface area contributed by atoms with Gasteiger partial charge in [-0.1, -0.05) is 48.5 Å². The molecule has 0 saturated heterocycles. The lowest BCUT2D eigenvalue weighted by Gasteiger charge is -2.18. The van der Waals surface area contributed by atoms with Crippen LogP contribution < -0.4 is 5.32 Å². The lowest BCUT2D eigenvalue weighted by Crippen LogP contribution is -2.37. The van der Waals surface area contributed by atoms with Gasteiger partial charge in [-0.05, 0) is 36.3 Å². The van der Waals surface area contributed by atoms with Crippen LogP contribution in [0.1, 0.15) is 27.9 Å². The molecule has 0 fully saturated rings. The standard InChI is InChI=1S/C19H23NO2S/c1-23-14-17(11-12-21)20-19(22)18-10-6-5-9-16(18)13-15-7-3-2-4-8-15/h2-10,17,21H,11-14H2,1H3,(H,20,22). The fraction of sp³-hybridized carbons (Fsp3) is 0.316. The molecule has 1 unspecified atom stereocenters. The van der Waals surface area contributed by atoms with E-state index >= 15 is 0 Å². The van der Waals surface area contributed by atoms with Gasteiger partial charge >= 0.3 is 0 Å². The molecule has 2 rings (SSSR count). The molecule has 0 spiro atoms. The lowest BCUT2D eigenvalue weighted by molar-refractivity contribution is 0.0934. The Kier molecular flexibility index (Phi) is 7.17. The van der Waals surface area contributed by atoms with Crippen molar-refractivity contribution < 1.29 is 9.90 Å². The average molecular weight is 329 g/mol. The van der Waals surface area contributed by atoms with Crippen molar-refractivity contribution in [1.82, 2.24) is 5.32 Å². The third-order valence-electron chi connectivity index (χ3n) is 3.68. The zero-order valence-corrected chi connectivity index (χ0v) is 14.2. The van der Waals surface area contributed by atoms with E-state index in [0.717, 1.165) is 17.7 Å². The minimum atomic E-state index is -0.0657. The van der Waals surface area contributed by atoms with Crippen molar-refractivity contribution in [2.75, 3.05) is 18.6 Å². The van der Waals surface area contributed by atoms with Gasteiger partial charge in [-0.3, -0.25) is 4.79 Å². The second kappa shape index (κ2) is 9.38. The van der Waals surface area contributed by atoms with Gasteiger partial charge < -0.3 is 10.4 Å². The van der Waals surface area contributed by atoms with Crippen molar-refractivity contribution in [3.8, 4) is 0 Å². The molecule has 0 aliphatic rings. The summed E-state index contributed by atoms with van der Waals surface area (Å²) in [6.45, 7) is 0.0805. The number of carbonyl (C=O) groups is 1. The number of rotatable bonds is 8. The van der Waals surface area contributed by atoms with Crippen LogP contribution in [-0.2, 0) is 6.42 Å². The number of hydrogen-bond donors (Lipinski definition) is 2. The maximum atomic E-state index is 12.6. The first kappa shape index (κ1) is 17.6. The summed E-state index contributed by atoms with van der Waals surface area (Å²) in [4.78, 5) is 12.6. The maximum Gasteiger partial charge on any atom is 0.251 e. The van der Waals surface area contributed by atoms with Gasteiger partial charge in [-0.15, -0.1) is 0 Å². The van der Waals surface area contributed by atoms with Gasteiger partial charge in [-0.2, -0.15) is 11.8 Å². The summed E-state index contributed by atoms with van der Waals surface area (Å²) in [5.74, 6) is 0.733. The van der Waals surface area contributed by atoms with E-state index in [1.807, 2.05) is 48.7 Å². The number of aliphatic hydroxyl groups excluding tert-OH is 1. The minimum Gasteiger partial charge on any atom is -0.396 e. The molecular weight excluding hydrogens is 306 g/mol. The minimum absolute atomic E-state index is 0.00715. The molecule has 0 heterocycles. The normalized spacial score (nSPS) is 11.9. The number of benzene rings is 2. The smallest absolute Gasteiger partial charge is 0.251 e. The van der Waals surface area contributed by atoms with Crippen LogP contribution in [-0.4, -0.2) is 35.7 Å². The molecule has 1 amide bonds. The molecule has 1 atom stereocenters. The van der Waals surface area contributed by atoms with Crippen molar-refractivity contribution in [2.45, 2.75) is 18.9 Å². The van der Waals surface area contributed by atoms with E-state index in [-0.39, 0.29) is 18.6 Å². The predicted molar refractivity (Wildman–Crippen MR) is 97.0 cm³/mol. The monoisotopic (exact) mass is 329 g/mol. The Balaban J connectivity index is 2.13. The largest absolute Gasteiger partial charge is 0.396 e. The Morgan fingerprint density at radius 2 is 1.83 bits per heavy atom. The number of carbonyl (C=O) groups excluding carboxylic acids is 1. The van der Waals surface area contributed by atoms with Crippen LogP contribution in [0.3, 0.4) is 0 Å². The van der Waals surface area contributed by atoms with Gasteiger partial charge in [0.1, 0.15) is 0 Å². The van der Waals surface area contributed by atoms with Gasteiger partial charge in [0.15, 0.2) is 0 Å². The zero-order chi connectivity index (χ0) is 16.5. The molecule has 0 aromatic heterocycles. The Morgan fingerprint density at radius 3 is 2.52 bits per heavy atom. The molecule has 2 aromatic carbocycles. The number of hydrogen-bond acceptors (Lipinski definition) is 3. The summed E-state index contributed by atoms with van der Waals surface area (Å²) in [5, 5.41) is 12.2. The SMILES string of the molecule is CSCC(CCO)NC(=O)c1ccccc1Cc1ccccc1. The van der Waals surface area contributed by atoms with Gasteiger partial charge in [0.05, 0.1) is 0 Å². The molecule has 0 saturated carbocycles. The summed E-state index contributed by atoms with van der Waals surface area (Å²) >= 11 is 1.67. The molecule has 0 bridgehead atoms. The number of nitrogens with one attached hydrogen (secondary N) is 1. The highest BCUT2D eigenvalue weighted by molar-refractivity contribution is 7.98. The molecular formula is C19H23NO2S. The number of aliphatic hydroxyl groups is 1. The van der Waals surface area contributed by atoms with Gasteiger partial charge in [0.2, 0.25) is 0 Å². The Labute approximate surface area is 142 Å². The Hall–Kier alpha value is -1.78. The number of thioether (sulfide) groups is 1.